The maximum atomic E-state index is 12.1. The van der Waals surface area contributed by atoms with Crippen LogP contribution in [0.1, 0.15) is 26.7 Å². The molecule has 7 heteroatoms. The van der Waals surface area contributed by atoms with Gasteiger partial charge in [0.1, 0.15) is 6.04 Å². The zero-order chi connectivity index (χ0) is 15.3. The van der Waals surface area contributed by atoms with Crippen LogP contribution in [0.3, 0.4) is 0 Å². The fourth-order valence-electron chi connectivity index (χ4n) is 2.19. The molecule has 0 bridgehead atoms. The van der Waals surface area contributed by atoms with Crippen LogP contribution in [0.5, 0.6) is 0 Å². The molecule has 0 radical (unpaired) electrons. The molecule has 1 aliphatic heterocycles. The van der Waals surface area contributed by atoms with Gasteiger partial charge >= 0.3 is 5.97 Å². The van der Waals surface area contributed by atoms with Gasteiger partial charge in [-0.1, -0.05) is 0 Å². The highest BCUT2D eigenvalue weighted by Gasteiger charge is 2.36. The minimum atomic E-state index is -1.03. The Morgan fingerprint density at radius 1 is 1.50 bits per heavy atom. The molecule has 2 amide bonds. The number of hydrogen-bond donors (Lipinski definition) is 2. The molecular weight excluding hydrogens is 280 g/mol. The Hall–Kier alpha value is -1.24. The molecule has 114 valence electrons. The molecule has 1 heterocycles. The van der Waals surface area contributed by atoms with Crippen molar-refractivity contribution in [3.8, 4) is 0 Å². The molecule has 0 spiro atoms. The van der Waals surface area contributed by atoms with Crippen LogP contribution in [0.2, 0.25) is 0 Å². The molecule has 1 unspecified atom stereocenters. The van der Waals surface area contributed by atoms with E-state index in [0.29, 0.717) is 18.7 Å². The third-order valence-corrected chi connectivity index (χ3v) is 4.02. The van der Waals surface area contributed by atoms with Crippen LogP contribution in [0, 0.1) is 5.92 Å². The predicted octanol–water partition coefficient (Wildman–Crippen LogP) is 0.566. The monoisotopic (exact) mass is 302 g/mol. The fraction of sp³-hybridized carbons (Fsp3) is 0.769. The van der Waals surface area contributed by atoms with Gasteiger partial charge in [0.2, 0.25) is 11.8 Å². The second-order valence-corrected chi connectivity index (χ2v) is 6.21. The summed E-state index contributed by atoms with van der Waals surface area (Å²) < 4.78 is 0. The van der Waals surface area contributed by atoms with Crippen LogP contribution in [-0.2, 0) is 14.4 Å². The van der Waals surface area contributed by atoms with Gasteiger partial charge in [-0.3, -0.25) is 9.59 Å². The smallest absolute Gasteiger partial charge is 0.326 e. The largest absolute Gasteiger partial charge is 0.480 e. The summed E-state index contributed by atoms with van der Waals surface area (Å²) in [6, 6.07) is -0.815. The SMILES string of the molecule is CSCC[C@@H](NC(=O)C1CC(=O)N(C(C)C)C1)C(=O)O. The number of carboxylic acids is 1. The van der Waals surface area contributed by atoms with Crippen LogP contribution in [0.25, 0.3) is 0 Å². The number of carbonyl (C=O) groups is 3. The topological polar surface area (TPSA) is 86.7 Å². The Kier molecular flexibility index (Phi) is 6.32. The van der Waals surface area contributed by atoms with E-state index in [1.807, 2.05) is 20.1 Å². The summed E-state index contributed by atoms with van der Waals surface area (Å²) >= 11 is 1.53. The summed E-state index contributed by atoms with van der Waals surface area (Å²) in [6.07, 6.45) is 2.44. The number of likely N-dealkylation sites (tertiary alicyclic amines) is 1. The van der Waals surface area contributed by atoms with Crippen LogP contribution >= 0.6 is 11.8 Å². The van der Waals surface area contributed by atoms with Crippen molar-refractivity contribution < 1.29 is 19.5 Å². The molecule has 0 aromatic heterocycles. The van der Waals surface area contributed by atoms with E-state index in [1.54, 1.807) is 4.90 Å². The van der Waals surface area contributed by atoms with Crippen molar-refractivity contribution in [1.82, 2.24) is 10.2 Å². The lowest BCUT2D eigenvalue weighted by atomic mass is 10.1. The molecule has 0 aliphatic carbocycles. The van der Waals surface area contributed by atoms with Gasteiger partial charge in [0.05, 0.1) is 5.92 Å². The second-order valence-electron chi connectivity index (χ2n) is 5.22. The van der Waals surface area contributed by atoms with Gasteiger partial charge in [-0.05, 0) is 32.3 Å². The Morgan fingerprint density at radius 2 is 2.15 bits per heavy atom. The van der Waals surface area contributed by atoms with E-state index in [2.05, 4.69) is 5.32 Å². The van der Waals surface area contributed by atoms with Gasteiger partial charge < -0.3 is 15.3 Å². The van der Waals surface area contributed by atoms with Crippen molar-refractivity contribution in [2.75, 3.05) is 18.6 Å². The van der Waals surface area contributed by atoms with Crippen molar-refractivity contribution >= 4 is 29.5 Å². The van der Waals surface area contributed by atoms with Crippen LogP contribution in [0.15, 0.2) is 0 Å². The number of amides is 2. The number of thioether (sulfide) groups is 1. The molecule has 1 fully saturated rings. The van der Waals surface area contributed by atoms with Gasteiger partial charge in [-0.25, -0.2) is 4.79 Å². The first-order valence-corrected chi connectivity index (χ1v) is 8.07. The minimum Gasteiger partial charge on any atom is -0.480 e. The summed E-state index contributed by atoms with van der Waals surface area (Å²) in [7, 11) is 0. The zero-order valence-corrected chi connectivity index (χ0v) is 12.9. The fourth-order valence-corrected chi connectivity index (χ4v) is 2.66. The summed E-state index contributed by atoms with van der Waals surface area (Å²) in [6.45, 7) is 4.17. The van der Waals surface area contributed by atoms with Gasteiger partial charge in [-0.2, -0.15) is 11.8 Å². The lowest BCUT2D eigenvalue weighted by molar-refractivity contribution is -0.142. The molecule has 0 aromatic rings. The Labute approximate surface area is 123 Å². The van der Waals surface area contributed by atoms with Crippen molar-refractivity contribution in [2.45, 2.75) is 38.8 Å². The van der Waals surface area contributed by atoms with E-state index in [-0.39, 0.29) is 24.3 Å². The lowest BCUT2D eigenvalue weighted by Gasteiger charge is -2.21. The summed E-state index contributed by atoms with van der Waals surface area (Å²) in [4.78, 5) is 36.6. The van der Waals surface area contributed by atoms with E-state index in [4.69, 9.17) is 5.11 Å². The number of nitrogens with zero attached hydrogens (tertiary/aromatic N) is 1. The maximum absolute atomic E-state index is 12.1. The molecule has 1 aliphatic rings. The van der Waals surface area contributed by atoms with Crippen molar-refractivity contribution in [3.63, 3.8) is 0 Å². The van der Waals surface area contributed by atoms with E-state index < -0.39 is 17.9 Å². The van der Waals surface area contributed by atoms with Crippen LogP contribution < -0.4 is 5.32 Å². The molecule has 1 rings (SSSR count). The van der Waals surface area contributed by atoms with Gasteiger partial charge in [0.15, 0.2) is 0 Å². The normalized spacial score (nSPS) is 20.3. The number of carboxylic acid groups (broad SMARTS) is 1. The first-order valence-electron chi connectivity index (χ1n) is 6.68. The number of carbonyl (C=O) groups excluding carboxylic acids is 2. The number of rotatable bonds is 7. The molecule has 1 saturated heterocycles. The zero-order valence-electron chi connectivity index (χ0n) is 12.1. The lowest BCUT2D eigenvalue weighted by Crippen LogP contribution is -2.44. The predicted molar refractivity (Wildman–Crippen MR) is 77.5 cm³/mol. The maximum Gasteiger partial charge on any atom is 0.326 e. The number of aliphatic carboxylic acids is 1. The van der Waals surface area contributed by atoms with Crippen molar-refractivity contribution in [2.24, 2.45) is 5.92 Å². The highest BCUT2D eigenvalue weighted by atomic mass is 32.2. The second kappa shape index (κ2) is 7.52. The average Bonchev–Trinajstić information content (AvgIpc) is 2.76. The van der Waals surface area contributed by atoms with Crippen LogP contribution in [0.4, 0.5) is 0 Å². The molecule has 6 nitrogen and oxygen atoms in total. The Morgan fingerprint density at radius 3 is 2.60 bits per heavy atom. The van der Waals surface area contributed by atoms with E-state index >= 15 is 0 Å². The van der Waals surface area contributed by atoms with Gasteiger partial charge in [0, 0.05) is 19.0 Å². The average molecular weight is 302 g/mol. The highest BCUT2D eigenvalue weighted by molar-refractivity contribution is 7.98. The standard InChI is InChI=1S/C13H22N2O4S/c1-8(2)15-7-9(6-11(15)16)12(17)14-10(13(18)19)4-5-20-3/h8-10H,4-7H2,1-3H3,(H,14,17)(H,18,19)/t9?,10-/m1/s1. The molecule has 20 heavy (non-hydrogen) atoms. The third-order valence-electron chi connectivity index (χ3n) is 3.38. The molecular formula is C13H22N2O4S. The summed E-state index contributed by atoms with van der Waals surface area (Å²) in [5, 5.41) is 11.6. The molecule has 0 saturated carbocycles. The van der Waals surface area contributed by atoms with Gasteiger partial charge in [-0.15, -0.1) is 0 Å². The molecule has 0 aromatic carbocycles. The molecule has 2 N–H and O–H groups in total. The van der Waals surface area contributed by atoms with E-state index in [0.717, 1.165) is 0 Å². The summed E-state index contributed by atoms with van der Waals surface area (Å²) in [5.41, 5.74) is 0. The van der Waals surface area contributed by atoms with Gasteiger partial charge in [0.25, 0.3) is 0 Å². The minimum absolute atomic E-state index is 0.0452. The Balaban J connectivity index is 2.57. The Bertz CT molecular complexity index is 387. The number of nitrogens with one attached hydrogen (secondary N) is 1. The van der Waals surface area contributed by atoms with Crippen LogP contribution in [-0.4, -0.2) is 58.4 Å². The van der Waals surface area contributed by atoms with Crippen molar-refractivity contribution in [1.29, 1.82) is 0 Å². The third kappa shape index (κ3) is 4.40. The quantitative estimate of drug-likeness (QED) is 0.718. The number of hydrogen-bond acceptors (Lipinski definition) is 4. The highest BCUT2D eigenvalue weighted by Crippen LogP contribution is 2.20. The first kappa shape index (κ1) is 16.8. The summed E-state index contributed by atoms with van der Waals surface area (Å²) in [5.74, 6) is -1.19. The van der Waals surface area contributed by atoms with Crippen molar-refractivity contribution in [3.05, 3.63) is 0 Å². The van der Waals surface area contributed by atoms with E-state index in [9.17, 15) is 14.4 Å². The van der Waals surface area contributed by atoms with E-state index in [1.165, 1.54) is 11.8 Å². The molecule has 2 atom stereocenters. The first-order chi connectivity index (χ1) is 9.36.